The molecular formula is C21H23ClN2O3. The Morgan fingerprint density at radius 1 is 1.26 bits per heavy atom. The Kier molecular flexibility index (Phi) is 5.71. The van der Waals surface area contributed by atoms with Gasteiger partial charge < -0.3 is 15.0 Å². The van der Waals surface area contributed by atoms with Crippen LogP contribution < -0.4 is 10.1 Å². The van der Waals surface area contributed by atoms with Crippen molar-refractivity contribution in [2.45, 2.75) is 32.9 Å². The van der Waals surface area contributed by atoms with E-state index in [1.807, 2.05) is 38.1 Å². The highest BCUT2D eigenvalue weighted by atomic mass is 35.5. The normalized spacial score (nSPS) is 14.3. The molecule has 1 unspecified atom stereocenters. The van der Waals surface area contributed by atoms with Crippen LogP contribution in [0, 0.1) is 5.92 Å². The third-order valence-corrected chi connectivity index (χ3v) is 4.88. The van der Waals surface area contributed by atoms with Crippen LogP contribution in [0.5, 0.6) is 5.75 Å². The molecule has 2 amide bonds. The third-order valence-electron chi connectivity index (χ3n) is 4.64. The minimum absolute atomic E-state index is 0.107. The number of benzene rings is 2. The van der Waals surface area contributed by atoms with Gasteiger partial charge in [0.25, 0.3) is 5.91 Å². The molecule has 6 heteroatoms. The lowest BCUT2D eigenvalue weighted by Gasteiger charge is -2.28. The van der Waals surface area contributed by atoms with Gasteiger partial charge in [0, 0.05) is 17.1 Å². The minimum atomic E-state index is -0.575. The lowest BCUT2D eigenvalue weighted by molar-refractivity contribution is -0.121. The zero-order valence-electron chi connectivity index (χ0n) is 15.7. The third kappa shape index (κ3) is 4.08. The SMILES string of the molecule is COc1ccc(Cl)cc1NC(=O)C(CC(C)C)N1Cc2ccccc2C1=O. The molecule has 0 radical (unpaired) electrons. The van der Waals surface area contributed by atoms with Crippen LogP contribution in [0.3, 0.4) is 0 Å². The maximum Gasteiger partial charge on any atom is 0.255 e. The van der Waals surface area contributed by atoms with Gasteiger partial charge >= 0.3 is 0 Å². The maximum absolute atomic E-state index is 13.1. The number of carbonyl (C=O) groups is 2. The quantitative estimate of drug-likeness (QED) is 0.802. The van der Waals surface area contributed by atoms with Crippen molar-refractivity contribution in [2.24, 2.45) is 5.92 Å². The molecule has 0 aromatic heterocycles. The monoisotopic (exact) mass is 386 g/mol. The van der Waals surface area contributed by atoms with Crippen molar-refractivity contribution >= 4 is 29.1 Å². The van der Waals surface area contributed by atoms with E-state index in [1.54, 1.807) is 23.1 Å². The molecule has 3 rings (SSSR count). The van der Waals surface area contributed by atoms with Crippen LogP contribution in [-0.2, 0) is 11.3 Å². The van der Waals surface area contributed by atoms with Crippen molar-refractivity contribution in [2.75, 3.05) is 12.4 Å². The fraction of sp³-hybridized carbons (Fsp3) is 0.333. The fourth-order valence-electron chi connectivity index (χ4n) is 3.34. The molecular weight excluding hydrogens is 364 g/mol. The number of ether oxygens (including phenoxy) is 1. The highest BCUT2D eigenvalue weighted by Crippen LogP contribution is 2.30. The average molecular weight is 387 g/mol. The first-order valence-corrected chi connectivity index (χ1v) is 9.31. The summed E-state index contributed by atoms with van der Waals surface area (Å²) in [7, 11) is 1.53. The Morgan fingerprint density at radius 3 is 2.67 bits per heavy atom. The number of hydrogen-bond acceptors (Lipinski definition) is 3. The van der Waals surface area contributed by atoms with E-state index in [-0.39, 0.29) is 17.7 Å². The van der Waals surface area contributed by atoms with Crippen LogP contribution in [0.25, 0.3) is 0 Å². The smallest absolute Gasteiger partial charge is 0.255 e. The molecule has 1 heterocycles. The van der Waals surface area contributed by atoms with E-state index in [1.165, 1.54) is 7.11 Å². The number of anilines is 1. The van der Waals surface area contributed by atoms with Gasteiger partial charge in [0.15, 0.2) is 0 Å². The first-order valence-electron chi connectivity index (χ1n) is 8.94. The number of fused-ring (bicyclic) bond motifs is 1. The van der Waals surface area contributed by atoms with Crippen LogP contribution in [0.1, 0.15) is 36.2 Å². The minimum Gasteiger partial charge on any atom is -0.495 e. The van der Waals surface area contributed by atoms with Crippen LogP contribution in [0.15, 0.2) is 42.5 Å². The summed E-state index contributed by atoms with van der Waals surface area (Å²) >= 11 is 6.06. The average Bonchev–Trinajstić information content (AvgIpc) is 2.96. The number of nitrogens with one attached hydrogen (secondary N) is 1. The van der Waals surface area contributed by atoms with Crippen molar-refractivity contribution in [1.82, 2.24) is 4.90 Å². The highest BCUT2D eigenvalue weighted by molar-refractivity contribution is 6.31. The number of carbonyl (C=O) groups excluding carboxylic acids is 2. The van der Waals surface area contributed by atoms with Gasteiger partial charge in [0.2, 0.25) is 5.91 Å². The predicted octanol–water partition coefficient (Wildman–Crippen LogP) is 4.36. The number of hydrogen-bond donors (Lipinski definition) is 1. The summed E-state index contributed by atoms with van der Waals surface area (Å²) in [4.78, 5) is 27.6. The molecule has 0 aliphatic carbocycles. The summed E-state index contributed by atoms with van der Waals surface area (Å²) in [6, 6.07) is 12.0. The molecule has 0 saturated carbocycles. The Bertz CT molecular complexity index is 866. The second-order valence-corrected chi connectivity index (χ2v) is 7.51. The van der Waals surface area contributed by atoms with E-state index in [9.17, 15) is 9.59 Å². The van der Waals surface area contributed by atoms with Gasteiger partial charge in [-0.05, 0) is 42.2 Å². The standard InChI is InChI=1S/C21H23ClN2O3/c1-13(2)10-18(24-12-14-6-4-5-7-16(14)21(24)26)20(25)23-17-11-15(22)8-9-19(17)27-3/h4-9,11,13,18H,10,12H2,1-3H3,(H,23,25). The van der Waals surface area contributed by atoms with Crippen molar-refractivity contribution in [3.05, 3.63) is 58.6 Å². The van der Waals surface area contributed by atoms with Crippen molar-refractivity contribution < 1.29 is 14.3 Å². The molecule has 1 aliphatic heterocycles. The number of amides is 2. The molecule has 5 nitrogen and oxygen atoms in total. The number of methoxy groups -OCH3 is 1. The van der Waals surface area contributed by atoms with Gasteiger partial charge in [-0.15, -0.1) is 0 Å². The summed E-state index contributed by atoms with van der Waals surface area (Å²) in [5.41, 5.74) is 2.11. The van der Waals surface area contributed by atoms with Gasteiger partial charge in [0.1, 0.15) is 11.8 Å². The molecule has 0 bridgehead atoms. The molecule has 27 heavy (non-hydrogen) atoms. The van der Waals surface area contributed by atoms with Crippen LogP contribution in [-0.4, -0.2) is 29.9 Å². The predicted molar refractivity (Wildman–Crippen MR) is 106 cm³/mol. The molecule has 0 fully saturated rings. The molecule has 1 N–H and O–H groups in total. The first-order chi connectivity index (χ1) is 12.9. The largest absolute Gasteiger partial charge is 0.495 e. The Morgan fingerprint density at radius 2 is 2.00 bits per heavy atom. The van der Waals surface area contributed by atoms with Crippen LogP contribution >= 0.6 is 11.6 Å². The zero-order chi connectivity index (χ0) is 19.6. The molecule has 2 aromatic carbocycles. The molecule has 0 spiro atoms. The second-order valence-electron chi connectivity index (χ2n) is 7.07. The van der Waals surface area contributed by atoms with Crippen LogP contribution in [0.2, 0.25) is 5.02 Å². The summed E-state index contributed by atoms with van der Waals surface area (Å²) < 4.78 is 5.31. The summed E-state index contributed by atoms with van der Waals surface area (Å²) in [6.45, 7) is 4.51. The summed E-state index contributed by atoms with van der Waals surface area (Å²) in [5, 5.41) is 3.39. The van der Waals surface area contributed by atoms with Gasteiger partial charge in [0.05, 0.1) is 12.8 Å². The lowest BCUT2D eigenvalue weighted by atomic mass is 10.0. The van der Waals surface area contributed by atoms with E-state index < -0.39 is 6.04 Å². The van der Waals surface area contributed by atoms with E-state index in [2.05, 4.69) is 5.32 Å². The summed E-state index contributed by atoms with van der Waals surface area (Å²) in [5.74, 6) is 0.417. The van der Waals surface area contributed by atoms with E-state index in [0.717, 1.165) is 5.56 Å². The van der Waals surface area contributed by atoms with Gasteiger partial charge in [-0.1, -0.05) is 43.6 Å². The van der Waals surface area contributed by atoms with E-state index in [0.29, 0.717) is 35.0 Å². The number of halogens is 1. The Balaban J connectivity index is 1.87. The van der Waals surface area contributed by atoms with Gasteiger partial charge in [-0.3, -0.25) is 9.59 Å². The molecule has 1 atom stereocenters. The van der Waals surface area contributed by atoms with Crippen molar-refractivity contribution in [3.8, 4) is 5.75 Å². The Hall–Kier alpha value is -2.53. The second kappa shape index (κ2) is 8.01. The number of nitrogens with zero attached hydrogens (tertiary/aromatic N) is 1. The van der Waals surface area contributed by atoms with E-state index >= 15 is 0 Å². The van der Waals surface area contributed by atoms with E-state index in [4.69, 9.17) is 16.3 Å². The van der Waals surface area contributed by atoms with Crippen LogP contribution in [0.4, 0.5) is 5.69 Å². The molecule has 0 saturated heterocycles. The molecule has 1 aliphatic rings. The van der Waals surface area contributed by atoms with Gasteiger partial charge in [-0.25, -0.2) is 0 Å². The first kappa shape index (κ1) is 19.2. The highest BCUT2D eigenvalue weighted by Gasteiger charge is 2.36. The summed E-state index contributed by atoms with van der Waals surface area (Å²) in [6.07, 6.45) is 0.564. The zero-order valence-corrected chi connectivity index (χ0v) is 16.4. The number of rotatable bonds is 6. The lowest BCUT2D eigenvalue weighted by Crippen LogP contribution is -2.45. The fourth-order valence-corrected chi connectivity index (χ4v) is 3.52. The Labute approximate surface area is 164 Å². The molecule has 142 valence electrons. The van der Waals surface area contributed by atoms with Gasteiger partial charge in [-0.2, -0.15) is 0 Å². The maximum atomic E-state index is 13.1. The van der Waals surface area contributed by atoms with Crippen molar-refractivity contribution in [3.63, 3.8) is 0 Å². The van der Waals surface area contributed by atoms with Crippen molar-refractivity contribution in [1.29, 1.82) is 0 Å². The molecule has 2 aromatic rings. The topological polar surface area (TPSA) is 58.6 Å².